The van der Waals surface area contributed by atoms with Gasteiger partial charge in [0.15, 0.2) is 17.2 Å². The van der Waals surface area contributed by atoms with Crippen LogP contribution in [0.25, 0.3) is 11.2 Å². The molecule has 4 N–H and O–H groups in total. The van der Waals surface area contributed by atoms with E-state index in [-0.39, 0.29) is 11.5 Å². The molecule has 0 fully saturated rings. The highest BCUT2D eigenvalue weighted by molar-refractivity contribution is 6.35. The first kappa shape index (κ1) is 8.76. The average Bonchev–Trinajstić information content (AvgIpc) is 2.46. The molecule has 2 aromatic heterocycles. The molecule has 72 valence electrons. The van der Waals surface area contributed by atoms with Gasteiger partial charge in [-0.15, -0.1) is 0 Å². The number of aromatic amines is 1. The summed E-state index contributed by atoms with van der Waals surface area (Å²) in [6.45, 7) is 0. The molecular formula is C7H5ClN4O2. The molecule has 0 aromatic carbocycles. The standard InChI is InChI=1S/C7H5ClN4O2/c8-2-1-10-6-3(2)11-4(7(13)14)5(9)12-6/h1H,(H,13,14)(H3,9,10,12). The fourth-order valence-corrected chi connectivity index (χ4v) is 1.26. The molecule has 0 aliphatic rings. The van der Waals surface area contributed by atoms with Crippen LogP contribution >= 0.6 is 11.6 Å². The molecule has 2 aromatic rings. The summed E-state index contributed by atoms with van der Waals surface area (Å²) in [5.41, 5.74) is 5.76. The predicted octanol–water partition coefficient (Wildman–Crippen LogP) is 0.892. The summed E-state index contributed by atoms with van der Waals surface area (Å²) in [6, 6.07) is 0. The largest absolute Gasteiger partial charge is 0.476 e. The third-order valence-electron chi connectivity index (χ3n) is 1.69. The average molecular weight is 213 g/mol. The first-order valence-corrected chi connectivity index (χ1v) is 4.01. The Morgan fingerprint density at radius 2 is 2.29 bits per heavy atom. The number of fused-ring (bicyclic) bond motifs is 1. The Balaban J connectivity index is 2.80. The molecule has 0 unspecified atom stereocenters. The summed E-state index contributed by atoms with van der Waals surface area (Å²) in [4.78, 5) is 21.0. The van der Waals surface area contributed by atoms with Crippen molar-refractivity contribution < 1.29 is 9.90 Å². The van der Waals surface area contributed by atoms with Crippen molar-refractivity contribution in [1.82, 2.24) is 15.0 Å². The van der Waals surface area contributed by atoms with E-state index in [0.717, 1.165) is 0 Å². The van der Waals surface area contributed by atoms with Crippen molar-refractivity contribution in [2.45, 2.75) is 0 Å². The van der Waals surface area contributed by atoms with Gasteiger partial charge in [0, 0.05) is 6.20 Å². The van der Waals surface area contributed by atoms with Crippen LogP contribution in [-0.2, 0) is 0 Å². The Hall–Kier alpha value is -1.82. The molecule has 0 atom stereocenters. The molecular weight excluding hydrogens is 208 g/mol. The van der Waals surface area contributed by atoms with Gasteiger partial charge in [0.2, 0.25) is 0 Å². The molecule has 7 heteroatoms. The fraction of sp³-hybridized carbons (Fsp3) is 0. The number of nitrogens with two attached hydrogens (primary N) is 1. The van der Waals surface area contributed by atoms with Gasteiger partial charge < -0.3 is 15.8 Å². The van der Waals surface area contributed by atoms with Gasteiger partial charge >= 0.3 is 5.97 Å². The van der Waals surface area contributed by atoms with Gasteiger partial charge in [-0.25, -0.2) is 14.8 Å². The van der Waals surface area contributed by atoms with E-state index in [1.54, 1.807) is 0 Å². The molecule has 6 nitrogen and oxygen atoms in total. The van der Waals surface area contributed by atoms with E-state index in [9.17, 15) is 4.79 Å². The van der Waals surface area contributed by atoms with Crippen LogP contribution in [0.15, 0.2) is 6.20 Å². The molecule has 0 aliphatic carbocycles. The number of carboxylic acid groups (broad SMARTS) is 1. The minimum absolute atomic E-state index is 0.136. The number of H-pyrrole nitrogens is 1. The van der Waals surface area contributed by atoms with Crippen LogP contribution in [0.4, 0.5) is 5.82 Å². The van der Waals surface area contributed by atoms with Gasteiger partial charge in [0.05, 0.1) is 5.02 Å². The minimum Gasteiger partial charge on any atom is -0.476 e. The second-order valence-electron chi connectivity index (χ2n) is 2.60. The van der Waals surface area contributed by atoms with Crippen molar-refractivity contribution in [1.29, 1.82) is 0 Å². The lowest BCUT2D eigenvalue weighted by Gasteiger charge is -1.98. The zero-order valence-corrected chi connectivity index (χ0v) is 7.54. The first-order valence-electron chi connectivity index (χ1n) is 3.63. The van der Waals surface area contributed by atoms with Crippen molar-refractivity contribution >= 4 is 34.6 Å². The highest BCUT2D eigenvalue weighted by atomic mass is 35.5. The number of aromatic carboxylic acids is 1. The number of nitrogens with one attached hydrogen (secondary N) is 1. The molecule has 0 amide bonds. The summed E-state index contributed by atoms with van der Waals surface area (Å²) >= 11 is 5.73. The van der Waals surface area contributed by atoms with E-state index in [1.807, 2.05) is 0 Å². The van der Waals surface area contributed by atoms with Crippen LogP contribution < -0.4 is 5.73 Å². The lowest BCUT2D eigenvalue weighted by Crippen LogP contribution is -2.07. The summed E-state index contributed by atoms with van der Waals surface area (Å²) < 4.78 is 0. The van der Waals surface area contributed by atoms with Crippen LogP contribution in [-0.4, -0.2) is 26.0 Å². The highest BCUT2D eigenvalue weighted by Crippen LogP contribution is 2.21. The molecule has 14 heavy (non-hydrogen) atoms. The molecule has 2 heterocycles. The lowest BCUT2D eigenvalue weighted by molar-refractivity contribution is 0.0692. The van der Waals surface area contributed by atoms with E-state index in [4.69, 9.17) is 22.4 Å². The number of nitrogens with zero attached hydrogens (tertiary/aromatic N) is 2. The van der Waals surface area contributed by atoms with Gasteiger partial charge in [-0.2, -0.15) is 0 Å². The number of nitrogen functional groups attached to an aromatic ring is 1. The number of halogens is 1. The quantitative estimate of drug-likeness (QED) is 0.651. The van der Waals surface area contributed by atoms with Gasteiger partial charge in [-0.05, 0) is 0 Å². The zero-order chi connectivity index (χ0) is 10.3. The third kappa shape index (κ3) is 1.16. The molecule has 0 aliphatic heterocycles. The van der Waals surface area contributed by atoms with E-state index in [1.165, 1.54) is 6.20 Å². The number of aromatic nitrogens is 3. The normalized spacial score (nSPS) is 10.6. The van der Waals surface area contributed by atoms with E-state index < -0.39 is 5.97 Å². The van der Waals surface area contributed by atoms with Gasteiger partial charge in [-0.1, -0.05) is 11.6 Å². The minimum atomic E-state index is -1.23. The lowest BCUT2D eigenvalue weighted by atomic mass is 10.4. The zero-order valence-electron chi connectivity index (χ0n) is 6.78. The van der Waals surface area contributed by atoms with Crippen molar-refractivity contribution in [3.8, 4) is 0 Å². The third-order valence-corrected chi connectivity index (χ3v) is 1.98. The van der Waals surface area contributed by atoms with Crippen molar-refractivity contribution in [3.05, 3.63) is 16.9 Å². The maximum Gasteiger partial charge on any atom is 0.358 e. The van der Waals surface area contributed by atoms with Crippen LogP contribution in [0.1, 0.15) is 10.5 Å². The highest BCUT2D eigenvalue weighted by Gasteiger charge is 2.14. The fourth-order valence-electron chi connectivity index (χ4n) is 1.07. The van der Waals surface area contributed by atoms with Crippen LogP contribution in [0.3, 0.4) is 0 Å². The Kier molecular flexibility index (Phi) is 1.78. The monoisotopic (exact) mass is 212 g/mol. The Morgan fingerprint density at radius 1 is 1.57 bits per heavy atom. The summed E-state index contributed by atoms with van der Waals surface area (Å²) in [5, 5.41) is 9.03. The number of hydrogen-bond acceptors (Lipinski definition) is 4. The number of anilines is 1. The van der Waals surface area contributed by atoms with Gasteiger partial charge in [0.1, 0.15) is 5.52 Å². The molecule has 0 bridgehead atoms. The van der Waals surface area contributed by atoms with E-state index in [2.05, 4.69) is 15.0 Å². The van der Waals surface area contributed by atoms with E-state index >= 15 is 0 Å². The van der Waals surface area contributed by atoms with Crippen molar-refractivity contribution in [3.63, 3.8) is 0 Å². The smallest absolute Gasteiger partial charge is 0.358 e. The molecule has 0 spiro atoms. The van der Waals surface area contributed by atoms with Crippen LogP contribution in [0, 0.1) is 0 Å². The molecule has 2 rings (SSSR count). The van der Waals surface area contributed by atoms with Crippen LogP contribution in [0.2, 0.25) is 5.02 Å². The second kappa shape index (κ2) is 2.85. The summed E-state index contributed by atoms with van der Waals surface area (Å²) in [5.74, 6) is -1.36. The Bertz CT molecular complexity index is 522. The second-order valence-corrected chi connectivity index (χ2v) is 3.00. The molecule has 0 saturated heterocycles. The van der Waals surface area contributed by atoms with Crippen molar-refractivity contribution in [2.75, 3.05) is 5.73 Å². The Morgan fingerprint density at radius 3 is 2.93 bits per heavy atom. The van der Waals surface area contributed by atoms with Crippen molar-refractivity contribution in [2.24, 2.45) is 0 Å². The Labute approximate surface area is 82.7 Å². The number of carbonyl (C=O) groups is 1. The maximum absolute atomic E-state index is 10.7. The topological polar surface area (TPSA) is 105 Å². The van der Waals surface area contributed by atoms with Gasteiger partial charge in [0.25, 0.3) is 0 Å². The number of hydrogen-bond donors (Lipinski definition) is 3. The molecule has 0 saturated carbocycles. The van der Waals surface area contributed by atoms with Crippen LogP contribution in [0.5, 0.6) is 0 Å². The first-order chi connectivity index (χ1) is 6.59. The number of rotatable bonds is 1. The predicted molar refractivity (Wildman–Crippen MR) is 50.3 cm³/mol. The summed E-state index contributed by atoms with van der Waals surface area (Å²) in [6.07, 6.45) is 1.47. The van der Waals surface area contributed by atoms with E-state index in [0.29, 0.717) is 16.2 Å². The molecule has 0 radical (unpaired) electrons. The SMILES string of the molecule is Nc1nc2[nH]cc(Cl)c2nc1C(=O)O. The number of carboxylic acids is 1. The maximum atomic E-state index is 10.7. The van der Waals surface area contributed by atoms with Gasteiger partial charge in [-0.3, -0.25) is 0 Å². The summed E-state index contributed by atoms with van der Waals surface area (Å²) in [7, 11) is 0.